The number of hydrogen-bond acceptors (Lipinski definition) is 16. The van der Waals surface area contributed by atoms with Crippen LogP contribution in [0.3, 0.4) is 0 Å². The first-order valence-electron chi connectivity index (χ1n) is 23.1. The third-order valence-corrected chi connectivity index (χ3v) is 12.7. The molecule has 18 nitrogen and oxygen atoms in total. The Bertz CT molecular complexity index is 3050. The molecule has 3 N–H and O–H groups in total. The number of nitrogens with two attached hydrogens (primary N) is 1. The number of carbonyl (C=O) groups excluding carboxylic acids is 2. The Balaban J connectivity index is 0.000000162. The molecular formula is C52H55ClN10O8. The lowest BCUT2D eigenvalue weighted by molar-refractivity contribution is -0.131. The quantitative estimate of drug-likeness (QED) is 0.110. The third-order valence-electron chi connectivity index (χ3n) is 12.4. The molecule has 2 aliphatic heterocycles. The Morgan fingerprint density at radius 3 is 1.58 bits per heavy atom. The molecular weight excluding hydrogens is 928 g/mol. The number of pyridine rings is 2. The lowest BCUT2D eigenvalue weighted by atomic mass is 9.96. The molecule has 2 fully saturated rings. The number of rotatable bonds is 12. The van der Waals surface area contributed by atoms with E-state index in [-0.39, 0.29) is 36.7 Å². The van der Waals surface area contributed by atoms with Crippen molar-refractivity contribution in [3.8, 4) is 45.8 Å². The highest BCUT2D eigenvalue weighted by atomic mass is 35.5. The van der Waals surface area contributed by atoms with Crippen LogP contribution in [0.5, 0.6) is 23.0 Å². The summed E-state index contributed by atoms with van der Waals surface area (Å²) in [4.78, 5) is 45.6. The van der Waals surface area contributed by atoms with Crippen LogP contribution in [-0.4, -0.2) is 120 Å². The first-order chi connectivity index (χ1) is 34.7. The van der Waals surface area contributed by atoms with Crippen molar-refractivity contribution in [2.45, 2.75) is 37.5 Å². The fraction of sp³-hybridized carbons (Fsp3) is 0.308. The summed E-state index contributed by atoms with van der Waals surface area (Å²) < 4.78 is 32.2. The van der Waals surface area contributed by atoms with E-state index in [4.69, 9.17) is 45.3 Å². The summed E-state index contributed by atoms with van der Waals surface area (Å²) in [7, 11) is 6.36. The van der Waals surface area contributed by atoms with Gasteiger partial charge in [-0.1, -0.05) is 70.4 Å². The Morgan fingerprint density at radius 2 is 1.08 bits per heavy atom. The van der Waals surface area contributed by atoms with Gasteiger partial charge in [0.2, 0.25) is 35.2 Å². The van der Waals surface area contributed by atoms with Gasteiger partial charge in [0, 0.05) is 72.3 Å². The summed E-state index contributed by atoms with van der Waals surface area (Å²) in [6.45, 7) is 2.86. The highest BCUT2D eigenvalue weighted by molar-refractivity contribution is 6.34. The van der Waals surface area contributed by atoms with E-state index < -0.39 is 0 Å². The zero-order chi connectivity index (χ0) is 49.7. The van der Waals surface area contributed by atoms with Crippen molar-refractivity contribution in [3.05, 3.63) is 126 Å². The van der Waals surface area contributed by atoms with Crippen molar-refractivity contribution in [1.29, 1.82) is 0 Å². The molecule has 4 aromatic carbocycles. The number of fused-ring (bicyclic) bond motifs is 2. The lowest BCUT2D eigenvalue weighted by Crippen LogP contribution is -2.41. The molecule has 0 atom stereocenters. The number of piperidine rings is 2. The number of hydrogen-bond donors (Lipinski definition) is 2. The molecule has 0 radical (unpaired) electrons. The van der Waals surface area contributed by atoms with Gasteiger partial charge in [-0.25, -0.2) is 9.97 Å². The molecule has 0 bridgehead atoms. The maximum Gasteiger partial charge on any atom is 0.241 e. The fourth-order valence-corrected chi connectivity index (χ4v) is 8.71. The largest absolute Gasteiger partial charge is 0.493 e. The number of likely N-dealkylation sites (tertiary alicyclic amines) is 2. The van der Waals surface area contributed by atoms with Crippen molar-refractivity contribution in [2.75, 3.05) is 73.0 Å². The van der Waals surface area contributed by atoms with E-state index in [2.05, 4.69) is 35.6 Å². The van der Waals surface area contributed by atoms with Crippen LogP contribution < -0.4 is 30.0 Å². The van der Waals surface area contributed by atoms with Gasteiger partial charge in [-0.05, 0) is 85.0 Å². The molecule has 19 heteroatoms. The smallest absolute Gasteiger partial charge is 0.241 e. The Kier molecular flexibility index (Phi) is 16.5. The van der Waals surface area contributed by atoms with Gasteiger partial charge in [0.15, 0.2) is 23.0 Å². The minimum Gasteiger partial charge on any atom is -0.493 e. The highest BCUT2D eigenvalue weighted by Crippen LogP contribution is 2.35. The van der Waals surface area contributed by atoms with E-state index in [9.17, 15) is 9.59 Å². The number of benzene rings is 4. The van der Waals surface area contributed by atoms with Crippen LogP contribution in [0.1, 0.15) is 49.3 Å². The summed E-state index contributed by atoms with van der Waals surface area (Å²) in [6.07, 6.45) is 6.59. The Labute approximate surface area is 415 Å². The number of carbonyl (C=O) groups is 2. The van der Waals surface area contributed by atoms with E-state index >= 15 is 0 Å². The van der Waals surface area contributed by atoms with E-state index in [1.165, 1.54) is 0 Å². The lowest BCUT2D eigenvalue weighted by Gasteiger charge is -2.30. The van der Waals surface area contributed by atoms with Crippen LogP contribution in [0.4, 0.5) is 5.82 Å². The molecule has 0 spiro atoms. The van der Waals surface area contributed by atoms with Crippen LogP contribution >= 0.6 is 11.6 Å². The molecule has 368 valence electrons. The fourth-order valence-electron chi connectivity index (χ4n) is 8.48. The first kappa shape index (κ1) is 49.6. The Hall–Kier alpha value is -7.83. The van der Waals surface area contributed by atoms with E-state index in [1.807, 2.05) is 95.9 Å². The summed E-state index contributed by atoms with van der Waals surface area (Å²) >= 11 is 5.85. The third kappa shape index (κ3) is 12.0. The van der Waals surface area contributed by atoms with Gasteiger partial charge in [0.05, 0.1) is 41.5 Å². The minimum atomic E-state index is -0.0185. The highest BCUT2D eigenvalue weighted by Gasteiger charge is 2.29. The van der Waals surface area contributed by atoms with E-state index in [0.29, 0.717) is 77.8 Å². The maximum atomic E-state index is 12.8. The van der Waals surface area contributed by atoms with Gasteiger partial charge < -0.3 is 48.8 Å². The van der Waals surface area contributed by atoms with Crippen molar-refractivity contribution in [3.63, 3.8) is 0 Å². The zero-order valence-electron chi connectivity index (χ0n) is 39.9. The maximum absolute atomic E-state index is 12.8. The second kappa shape index (κ2) is 23.7. The van der Waals surface area contributed by atoms with Gasteiger partial charge in [0.1, 0.15) is 11.0 Å². The molecule has 0 unspecified atom stereocenters. The molecule has 8 aromatic rings. The van der Waals surface area contributed by atoms with Crippen molar-refractivity contribution >= 4 is 50.8 Å². The van der Waals surface area contributed by atoms with Gasteiger partial charge in [-0.2, -0.15) is 9.97 Å². The standard InChI is InChI=1S/C26H27N5O4.C17H22N4O4.C9H6ClN/c1-33-21-8-7-19(15-22(21)34-2)24-29-26(35-30-24)18-10-13-31(14-11-18)23(32)16-28-25-20-6-4-3-5-17(20)9-12-27-25;1-23-13-4-3-12(9-14(13)24-2)16-19-17(25-20-16)11-5-7-21(8-6-11)15(22)10-18;10-9-8-4-2-1-3-7(8)5-6-11-9/h3-9,12,15,18H,10-11,13-14,16H2,1-2H3,(H,27,28);3-4,9,11H,5-8,10,18H2,1-2H3;1-6H. The predicted octanol–water partition coefficient (Wildman–Crippen LogP) is 8.43. The van der Waals surface area contributed by atoms with Crippen LogP contribution in [0, 0.1) is 0 Å². The number of nitrogens with one attached hydrogen (secondary N) is 1. The average molecular weight is 984 g/mol. The molecule has 2 aliphatic rings. The van der Waals surface area contributed by atoms with Gasteiger partial charge in [0.25, 0.3) is 0 Å². The molecule has 0 saturated carbocycles. The molecule has 2 saturated heterocycles. The van der Waals surface area contributed by atoms with Crippen molar-refractivity contribution < 1.29 is 37.6 Å². The average Bonchev–Trinajstić information content (AvgIpc) is 4.14. The van der Waals surface area contributed by atoms with E-state index in [1.54, 1.807) is 51.8 Å². The number of aromatic nitrogens is 6. The molecule has 71 heavy (non-hydrogen) atoms. The van der Waals surface area contributed by atoms with Crippen LogP contribution in [0.25, 0.3) is 44.3 Å². The minimum absolute atomic E-state index is 0.0185. The summed E-state index contributed by atoms with van der Waals surface area (Å²) in [5, 5.41) is 16.2. The summed E-state index contributed by atoms with van der Waals surface area (Å²) in [5.74, 6) is 5.75. The Morgan fingerprint density at radius 1 is 0.620 bits per heavy atom. The molecule has 4 aromatic heterocycles. The van der Waals surface area contributed by atoms with Crippen molar-refractivity contribution in [1.82, 2.24) is 40.0 Å². The summed E-state index contributed by atoms with van der Waals surface area (Å²) in [6, 6.07) is 30.8. The predicted molar refractivity (Wildman–Crippen MR) is 269 cm³/mol. The molecule has 10 rings (SSSR count). The second-order valence-corrected chi connectivity index (χ2v) is 17.0. The number of methoxy groups -OCH3 is 4. The number of anilines is 1. The normalized spacial score (nSPS) is 13.9. The van der Waals surface area contributed by atoms with Gasteiger partial charge >= 0.3 is 0 Å². The van der Waals surface area contributed by atoms with Crippen LogP contribution in [0.15, 0.2) is 119 Å². The van der Waals surface area contributed by atoms with E-state index in [0.717, 1.165) is 64.2 Å². The van der Waals surface area contributed by atoms with Gasteiger partial charge in [-0.3, -0.25) is 9.59 Å². The van der Waals surface area contributed by atoms with Crippen molar-refractivity contribution in [2.24, 2.45) is 5.73 Å². The monoisotopic (exact) mass is 982 g/mol. The number of amides is 2. The van der Waals surface area contributed by atoms with Crippen LogP contribution in [0.2, 0.25) is 5.15 Å². The number of nitrogens with zero attached hydrogens (tertiary/aromatic N) is 8. The van der Waals surface area contributed by atoms with Crippen LogP contribution in [-0.2, 0) is 9.59 Å². The SMILES string of the molecule is COc1ccc(-c2noc(C3CCN(C(=O)CN)CC3)n2)cc1OC.COc1ccc(-c2noc(C3CCN(C(=O)CNc4nccc5ccccc45)CC3)n2)cc1OC.Clc1nccc2ccccc12. The summed E-state index contributed by atoms with van der Waals surface area (Å²) in [5.41, 5.74) is 6.99. The molecule has 0 aliphatic carbocycles. The first-order valence-corrected chi connectivity index (χ1v) is 23.5. The van der Waals surface area contributed by atoms with Gasteiger partial charge in [-0.15, -0.1) is 0 Å². The second-order valence-electron chi connectivity index (χ2n) is 16.6. The molecule has 2 amide bonds. The topological polar surface area (TPSA) is 219 Å². The number of halogens is 1. The number of ether oxygens (including phenoxy) is 4. The molecule has 6 heterocycles. The zero-order valence-corrected chi connectivity index (χ0v) is 40.7.